The summed E-state index contributed by atoms with van der Waals surface area (Å²) in [4.78, 5) is 21.2. The van der Waals surface area contributed by atoms with Crippen molar-refractivity contribution in [3.05, 3.63) is 100 Å². The van der Waals surface area contributed by atoms with Crippen LogP contribution in [0.3, 0.4) is 0 Å². The lowest BCUT2D eigenvalue weighted by atomic mass is 9.89. The molecule has 0 bridgehead atoms. The Morgan fingerprint density at radius 2 is 2.00 bits per heavy atom. The zero-order valence-corrected chi connectivity index (χ0v) is 17.6. The molecule has 0 saturated carbocycles. The Bertz CT molecular complexity index is 1140. The maximum Gasteiger partial charge on any atom is 0.185 e. The summed E-state index contributed by atoms with van der Waals surface area (Å²) < 4.78 is 20.8. The molecule has 5 nitrogen and oxygen atoms in total. The van der Waals surface area contributed by atoms with Crippen LogP contribution in [-0.4, -0.2) is 23.2 Å². The predicted molar refractivity (Wildman–Crippen MR) is 118 cm³/mol. The lowest BCUT2D eigenvalue weighted by Gasteiger charge is -2.34. The van der Waals surface area contributed by atoms with Gasteiger partial charge >= 0.3 is 0 Å². The van der Waals surface area contributed by atoms with Gasteiger partial charge in [-0.3, -0.25) is 14.8 Å². The molecule has 0 fully saturated rings. The topological polar surface area (TPSA) is 77.6 Å². The standard InChI is InChI=1S/C24H21ClFN3O2/c1-24(14-31-22(23(27)29-24)16-5-3-2-4-6-16)18-11-15(7-9-19(18)26)12-21(30)20-10-8-17(25)13-28-20/h2-11,13,22H,12,14H2,1H3,(H2,27,29)/t22-,24+/m1/s1. The Morgan fingerprint density at radius 1 is 1.23 bits per heavy atom. The van der Waals surface area contributed by atoms with Crippen LogP contribution in [0, 0.1) is 5.82 Å². The quantitative estimate of drug-likeness (QED) is 0.589. The van der Waals surface area contributed by atoms with Crippen molar-refractivity contribution >= 4 is 23.2 Å². The number of benzene rings is 2. The number of rotatable bonds is 5. The van der Waals surface area contributed by atoms with E-state index in [0.717, 1.165) is 5.56 Å². The maximum absolute atomic E-state index is 14.8. The van der Waals surface area contributed by atoms with Gasteiger partial charge in [-0.25, -0.2) is 4.39 Å². The number of ether oxygens (including phenoxy) is 1. The van der Waals surface area contributed by atoms with Gasteiger partial charge in [-0.2, -0.15) is 0 Å². The van der Waals surface area contributed by atoms with Crippen LogP contribution in [0.2, 0.25) is 5.02 Å². The second kappa shape index (κ2) is 8.57. The first kappa shape index (κ1) is 21.2. The van der Waals surface area contributed by atoms with Crippen LogP contribution in [0.15, 0.2) is 71.9 Å². The molecule has 0 aliphatic carbocycles. The molecule has 1 aliphatic heterocycles. The third-order valence-electron chi connectivity index (χ3n) is 5.27. The third kappa shape index (κ3) is 4.50. The Balaban J connectivity index is 1.60. The monoisotopic (exact) mass is 437 g/mol. The number of hydrogen-bond donors (Lipinski definition) is 1. The molecule has 31 heavy (non-hydrogen) atoms. The van der Waals surface area contributed by atoms with Crippen LogP contribution in [-0.2, 0) is 16.7 Å². The number of ketones is 1. The minimum Gasteiger partial charge on any atom is -0.385 e. The molecule has 2 aromatic carbocycles. The van der Waals surface area contributed by atoms with E-state index >= 15 is 0 Å². The number of aliphatic imine (C=N–C) groups is 1. The number of hydrogen-bond acceptors (Lipinski definition) is 5. The van der Waals surface area contributed by atoms with Crippen LogP contribution in [0.4, 0.5) is 4.39 Å². The molecular formula is C24H21ClFN3O2. The highest BCUT2D eigenvalue weighted by Gasteiger charge is 2.37. The van der Waals surface area contributed by atoms with Crippen LogP contribution < -0.4 is 5.73 Å². The fraction of sp³-hybridized carbons (Fsp3) is 0.208. The van der Waals surface area contributed by atoms with Gasteiger partial charge in [-0.05, 0) is 42.3 Å². The van der Waals surface area contributed by atoms with Gasteiger partial charge in [0, 0.05) is 18.2 Å². The number of nitrogens with zero attached hydrogens (tertiary/aromatic N) is 2. The number of aromatic nitrogens is 1. The van der Waals surface area contributed by atoms with Gasteiger partial charge < -0.3 is 10.5 Å². The molecule has 3 aromatic rings. The summed E-state index contributed by atoms with van der Waals surface area (Å²) in [5.74, 6) is -0.334. The van der Waals surface area contributed by atoms with E-state index in [-0.39, 0.29) is 24.6 Å². The Kier molecular flexibility index (Phi) is 5.85. The van der Waals surface area contributed by atoms with Crippen LogP contribution >= 0.6 is 11.6 Å². The van der Waals surface area contributed by atoms with E-state index in [9.17, 15) is 9.18 Å². The van der Waals surface area contributed by atoms with Crippen molar-refractivity contribution < 1.29 is 13.9 Å². The molecule has 2 atom stereocenters. The summed E-state index contributed by atoms with van der Waals surface area (Å²) in [7, 11) is 0. The first-order valence-electron chi connectivity index (χ1n) is 9.81. The average molecular weight is 438 g/mol. The number of Topliss-reactive ketones (excluding diaryl/α,β-unsaturated/α-hetero) is 1. The van der Waals surface area contributed by atoms with Crippen molar-refractivity contribution in [2.24, 2.45) is 10.7 Å². The van der Waals surface area contributed by atoms with Gasteiger partial charge in [0.05, 0.1) is 11.6 Å². The van der Waals surface area contributed by atoms with Crippen molar-refractivity contribution in [3.8, 4) is 0 Å². The van der Waals surface area contributed by atoms with Crippen molar-refractivity contribution in [2.45, 2.75) is 25.0 Å². The van der Waals surface area contributed by atoms with Crippen molar-refractivity contribution in [3.63, 3.8) is 0 Å². The molecule has 2 heterocycles. The van der Waals surface area contributed by atoms with Crippen molar-refractivity contribution in [2.75, 3.05) is 6.61 Å². The molecule has 1 aromatic heterocycles. The van der Waals surface area contributed by atoms with E-state index < -0.39 is 17.5 Å². The SMILES string of the molecule is C[C@@]1(c2cc(CC(=O)c3ccc(Cl)cn3)ccc2F)CO[C@H](c2ccccc2)C(N)=N1. The highest BCUT2D eigenvalue weighted by molar-refractivity contribution is 6.30. The lowest BCUT2D eigenvalue weighted by molar-refractivity contribution is 0.0436. The van der Waals surface area contributed by atoms with Crippen LogP contribution in [0.1, 0.15) is 40.2 Å². The zero-order valence-electron chi connectivity index (χ0n) is 16.9. The Hall–Kier alpha value is -3.09. The number of pyridine rings is 1. The largest absolute Gasteiger partial charge is 0.385 e. The fourth-order valence-corrected chi connectivity index (χ4v) is 3.76. The van der Waals surface area contributed by atoms with Gasteiger partial charge in [0.2, 0.25) is 0 Å². The summed E-state index contributed by atoms with van der Waals surface area (Å²) >= 11 is 5.83. The van der Waals surface area contributed by atoms with E-state index in [1.165, 1.54) is 12.3 Å². The highest BCUT2D eigenvalue weighted by atomic mass is 35.5. The summed E-state index contributed by atoms with van der Waals surface area (Å²) in [5, 5.41) is 0.454. The summed E-state index contributed by atoms with van der Waals surface area (Å²) in [6, 6.07) is 17.3. The Labute approximate surface area is 184 Å². The van der Waals surface area contributed by atoms with Crippen LogP contribution in [0.5, 0.6) is 0 Å². The van der Waals surface area contributed by atoms with Gasteiger partial charge in [0.25, 0.3) is 0 Å². The van der Waals surface area contributed by atoms with Gasteiger partial charge in [0.1, 0.15) is 29.0 Å². The predicted octanol–water partition coefficient (Wildman–Crippen LogP) is 4.64. The molecule has 0 amide bonds. The molecule has 0 spiro atoms. The summed E-state index contributed by atoms with van der Waals surface area (Å²) in [5.41, 5.74) is 7.38. The average Bonchev–Trinajstić information content (AvgIpc) is 2.76. The molecule has 0 unspecified atom stereocenters. The number of amidine groups is 1. The summed E-state index contributed by atoms with van der Waals surface area (Å²) in [6.07, 6.45) is 1.02. The molecule has 2 N–H and O–H groups in total. The minimum absolute atomic E-state index is 0.0741. The van der Waals surface area contributed by atoms with Crippen LogP contribution in [0.25, 0.3) is 0 Å². The molecule has 0 radical (unpaired) electrons. The summed E-state index contributed by atoms with van der Waals surface area (Å²) in [6.45, 7) is 1.92. The molecule has 158 valence electrons. The molecule has 4 rings (SSSR count). The van der Waals surface area contributed by atoms with E-state index in [4.69, 9.17) is 22.1 Å². The van der Waals surface area contributed by atoms with Gasteiger partial charge in [-0.1, -0.05) is 48.0 Å². The van der Waals surface area contributed by atoms with Gasteiger partial charge in [0.15, 0.2) is 5.78 Å². The number of carbonyl (C=O) groups excluding carboxylic acids is 1. The second-order valence-corrected chi connectivity index (χ2v) is 8.12. The third-order valence-corrected chi connectivity index (χ3v) is 5.49. The zero-order chi connectivity index (χ0) is 22.0. The van der Waals surface area contributed by atoms with Crippen molar-refractivity contribution in [1.29, 1.82) is 0 Å². The number of nitrogens with two attached hydrogens (primary N) is 1. The highest BCUT2D eigenvalue weighted by Crippen LogP contribution is 2.35. The van der Waals surface area contributed by atoms with Crippen molar-refractivity contribution in [1.82, 2.24) is 4.98 Å². The van der Waals surface area contributed by atoms with E-state index in [1.807, 2.05) is 30.3 Å². The molecule has 7 heteroatoms. The molecular weight excluding hydrogens is 417 g/mol. The number of carbonyl (C=O) groups is 1. The lowest BCUT2D eigenvalue weighted by Crippen LogP contribution is -2.40. The molecule has 0 saturated heterocycles. The van der Waals surface area contributed by atoms with E-state index in [1.54, 1.807) is 31.2 Å². The normalized spacial score (nSPS) is 20.9. The smallest absolute Gasteiger partial charge is 0.185 e. The van der Waals surface area contributed by atoms with Gasteiger partial charge in [-0.15, -0.1) is 0 Å². The maximum atomic E-state index is 14.8. The van der Waals surface area contributed by atoms with E-state index in [0.29, 0.717) is 21.8 Å². The van der Waals surface area contributed by atoms with E-state index in [2.05, 4.69) is 9.98 Å². The first-order chi connectivity index (χ1) is 14.9. The first-order valence-corrected chi connectivity index (χ1v) is 10.2. The minimum atomic E-state index is -1.00. The molecule has 1 aliphatic rings. The second-order valence-electron chi connectivity index (χ2n) is 7.69. The fourth-order valence-electron chi connectivity index (χ4n) is 3.65. The number of halogens is 2. The Morgan fingerprint density at radius 3 is 2.68 bits per heavy atom.